The third-order valence-electron chi connectivity index (χ3n) is 2.95. The molecule has 0 nitrogen and oxygen atoms in total. The Labute approximate surface area is 152 Å². The van der Waals surface area contributed by atoms with Crippen LogP contribution in [-0.2, 0) is 5.41 Å². The summed E-state index contributed by atoms with van der Waals surface area (Å²) in [6.07, 6.45) is 7.58. The van der Waals surface area contributed by atoms with Gasteiger partial charge in [-0.15, -0.1) is 0 Å². The topological polar surface area (TPSA) is 0 Å². The fourth-order valence-corrected chi connectivity index (χ4v) is 1.85. The van der Waals surface area contributed by atoms with Gasteiger partial charge in [-0.25, -0.2) is 0 Å². The zero-order valence-corrected chi connectivity index (χ0v) is 15.2. The summed E-state index contributed by atoms with van der Waals surface area (Å²) < 4.78 is 0. The van der Waals surface area contributed by atoms with Crippen molar-refractivity contribution in [1.29, 1.82) is 0 Å². The van der Waals surface area contributed by atoms with Gasteiger partial charge in [-0.05, 0) is 18.1 Å². The van der Waals surface area contributed by atoms with Crippen LogP contribution in [0.4, 0.5) is 0 Å². The third-order valence-corrected chi connectivity index (χ3v) is 2.95. The summed E-state index contributed by atoms with van der Waals surface area (Å²) in [4.78, 5) is 0. The van der Waals surface area contributed by atoms with Crippen LogP contribution in [0.2, 0.25) is 0 Å². The minimum Gasteiger partial charge on any atom is -0.692 e. The molecule has 0 unspecified atom stereocenters. The molecule has 0 bridgehead atoms. The summed E-state index contributed by atoms with van der Waals surface area (Å²) in [6.45, 7) is 2.02. The van der Waals surface area contributed by atoms with Gasteiger partial charge in [-0.2, -0.15) is 0 Å². The van der Waals surface area contributed by atoms with E-state index in [2.05, 4.69) is 5.92 Å². The molecule has 2 aromatic rings. The van der Waals surface area contributed by atoms with Crippen LogP contribution in [0.3, 0.4) is 0 Å². The van der Waals surface area contributed by atoms with E-state index in [1.807, 2.05) is 67.6 Å². The van der Waals surface area contributed by atoms with Gasteiger partial charge in [-0.1, -0.05) is 60.7 Å². The summed E-state index contributed by atoms with van der Waals surface area (Å²) in [5, 5.41) is 0. The molecule has 2 rings (SSSR count). The smallest absolute Gasteiger partial charge is 0.692 e. The quantitative estimate of drug-likeness (QED) is 0.561. The van der Waals surface area contributed by atoms with Gasteiger partial charge in [0.25, 0.3) is 0 Å². The summed E-state index contributed by atoms with van der Waals surface area (Å²) in [5.74, 6) is 2.66. The fraction of sp³-hybridized carbons (Fsp3) is 0.125. The Bertz CT molecular complexity index is 455. The van der Waals surface area contributed by atoms with Gasteiger partial charge in [-0.3, -0.25) is 0 Å². The Morgan fingerprint density at radius 2 is 1.18 bits per heavy atom. The standard InChI is InChI=1S/C16H13.Rb/c1-3-16(2,14-10-6-4-7-11-14)15-12-8-5-9-13-15;/h4-13H,2H3;/q-1;+1. The third kappa shape index (κ3) is 3.17. The predicted molar refractivity (Wildman–Crippen MR) is 66.5 cm³/mol. The second kappa shape index (κ2) is 6.66. The molecule has 0 amide bonds. The minimum absolute atomic E-state index is 0. The Hall–Kier alpha value is -0.195. The van der Waals surface area contributed by atoms with E-state index in [1.165, 1.54) is 0 Å². The minimum atomic E-state index is -0.456. The van der Waals surface area contributed by atoms with Crippen molar-refractivity contribution in [2.75, 3.05) is 0 Å². The zero-order valence-electron chi connectivity index (χ0n) is 10.3. The van der Waals surface area contributed by atoms with Crippen LogP contribution >= 0.6 is 0 Å². The Morgan fingerprint density at radius 3 is 1.47 bits per heavy atom. The van der Waals surface area contributed by atoms with E-state index in [9.17, 15) is 0 Å². The van der Waals surface area contributed by atoms with E-state index in [4.69, 9.17) is 6.42 Å². The average Bonchev–Trinajstić information content (AvgIpc) is 2.40. The maximum Gasteiger partial charge on any atom is 1.00 e. The van der Waals surface area contributed by atoms with Crippen molar-refractivity contribution in [1.82, 2.24) is 0 Å². The Kier molecular flexibility index (Phi) is 5.82. The number of hydrogen-bond acceptors (Lipinski definition) is 0. The molecular weight excluding hydrogens is 278 g/mol. The van der Waals surface area contributed by atoms with Crippen molar-refractivity contribution in [3.63, 3.8) is 0 Å². The normalized spacial score (nSPS) is 10.1. The Morgan fingerprint density at radius 1 is 0.824 bits per heavy atom. The first-order chi connectivity index (χ1) is 7.77. The molecule has 0 aliphatic heterocycles. The van der Waals surface area contributed by atoms with E-state index in [1.54, 1.807) is 0 Å². The SMILES string of the molecule is [C-]#CC(C)(c1ccccc1)c1ccccc1.[Rb+]. The van der Waals surface area contributed by atoms with Crippen LogP contribution < -0.4 is 58.2 Å². The van der Waals surface area contributed by atoms with Gasteiger partial charge in [0.05, 0.1) is 0 Å². The molecule has 0 saturated carbocycles. The number of benzene rings is 2. The van der Waals surface area contributed by atoms with Crippen molar-refractivity contribution in [3.05, 3.63) is 78.2 Å². The predicted octanol–water partition coefficient (Wildman–Crippen LogP) is 0.586. The van der Waals surface area contributed by atoms with E-state index in [-0.39, 0.29) is 58.2 Å². The molecule has 0 heterocycles. The molecule has 78 valence electrons. The molecule has 0 atom stereocenters. The zero-order chi connectivity index (χ0) is 11.4. The molecule has 0 spiro atoms. The van der Waals surface area contributed by atoms with Gasteiger partial charge in [0.1, 0.15) is 0 Å². The number of rotatable bonds is 2. The summed E-state index contributed by atoms with van der Waals surface area (Å²) >= 11 is 0. The summed E-state index contributed by atoms with van der Waals surface area (Å²) in [6, 6.07) is 20.1. The first-order valence-corrected chi connectivity index (χ1v) is 5.32. The molecular formula is C16H13Rb. The van der Waals surface area contributed by atoms with Gasteiger partial charge >= 0.3 is 58.2 Å². The van der Waals surface area contributed by atoms with E-state index < -0.39 is 5.41 Å². The van der Waals surface area contributed by atoms with Gasteiger partial charge in [0.15, 0.2) is 0 Å². The van der Waals surface area contributed by atoms with Crippen LogP contribution in [0.15, 0.2) is 60.7 Å². The molecule has 0 aliphatic rings. The van der Waals surface area contributed by atoms with E-state index in [0.717, 1.165) is 11.1 Å². The molecule has 0 aliphatic carbocycles. The Balaban J connectivity index is 0.00000144. The first kappa shape index (κ1) is 14.9. The van der Waals surface area contributed by atoms with Crippen molar-refractivity contribution < 1.29 is 58.2 Å². The van der Waals surface area contributed by atoms with Crippen LogP contribution in [0.25, 0.3) is 0 Å². The van der Waals surface area contributed by atoms with Crippen molar-refractivity contribution >= 4 is 0 Å². The van der Waals surface area contributed by atoms with Gasteiger partial charge in [0.2, 0.25) is 0 Å². The van der Waals surface area contributed by atoms with Gasteiger partial charge < -0.3 is 12.3 Å². The maximum absolute atomic E-state index is 7.58. The molecule has 0 aromatic heterocycles. The van der Waals surface area contributed by atoms with Crippen LogP contribution in [0.1, 0.15) is 18.1 Å². The fourth-order valence-electron chi connectivity index (χ4n) is 1.85. The maximum atomic E-state index is 7.58. The molecule has 17 heavy (non-hydrogen) atoms. The molecule has 0 N–H and O–H groups in total. The first-order valence-electron chi connectivity index (χ1n) is 5.32. The summed E-state index contributed by atoms with van der Waals surface area (Å²) in [5.41, 5.74) is 1.73. The molecule has 1 heteroatoms. The monoisotopic (exact) mass is 290 g/mol. The van der Waals surface area contributed by atoms with Crippen LogP contribution in [-0.4, -0.2) is 0 Å². The number of hydrogen-bond donors (Lipinski definition) is 0. The molecule has 0 radical (unpaired) electrons. The second-order valence-electron chi connectivity index (χ2n) is 3.98. The van der Waals surface area contributed by atoms with Crippen molar-refractivity contribution in [2.24, 2.45) is 0 Å². The second-order valence-corrected chi connectivity index (χ2v) is 3.98. The summed E-state index contributed by atoms with van der Waals surface area (Å²) in [7, 11) is 0. The van der Waals surface area contributed by atoms with E-state index in [0.29, 0.717) is 0 Å². The van der Waals surface area contributed by atoms with Crippen LogP contribution in [0.5, 0.6) is 0 Å². The largest absolute Gasteiger partial charge is 1.00 e. The average molecular weight is 291 g/mol. The van der Waals surface area contributed by atoms with Crippen molar-refractivity contribution in [2.45, 2.75) is 12.3 Å². The van der Waals surface area contributed by atoms with Crippen molar-refractivity contribution in [3.8, 4) is 5.92 Å². The molecule has 2 aromatic carbocycles. The molecule has 0 saturated heterocycles. The van der Waals surface area contributed by atoms with Crippen LogP contribution in [0, 0.1) is 12.3 Å². The van der Waals surface area contributed by atoms with Gasteiger partial charge in [0, 0.05) is 5.41 Å². The van der Waals surface area contributed by atoms with E-state index >= 15 is 0 Å². The molecule has 0 fully saturated rings.